The average molecular weight is 219 g/mol. The van der Waals surface area contributed by atoms with E-state index in [-0.39, 0.29) is 11.4 Å². The highest BCUT2D eigenvalue weighted by Crippen LogP contribution is 2.25. The van der Waals surface area contributed by atoms with Crippen LogP contribution in [0.1, 0.15) is 5.56 Å². The maximum absolute atomic E-state index is 13.5. The monoisotopic (exact) mass is 219 g/mol. The fourth-order valence-electron chi connectivity index (χ4n) is 1.05. The molecule has 0 bridgehead atoms. The minimum atomic E-state index is -0.531. The molecule has 0 aliphatic rings. The molecule has 0 unspecified atom stereocenters. The Morgan fingerprint density at radius 1 is 1.43 bits per heavy atom. The molecule has 14 heavy (non-hydrogen) atoms. The highest BCUT2D eigenvalue weighted by atomic mass is 32.2. The first-order valence-electron chi connectivity index (χ1n) is 3.97. The van der Waals surface area contributed by atoms with Crippen LogP contribution in [0.2, 0.25) is 0 Å². The number of nitrogens with one attached hydrogen (secondary N) is 1. The molecule has 1 aromatic carbocycles. The molecule has 0 atom stereocenters. The molecule has 0 radical (unpaired) electrons. The van der Waals surface area contributed by atoms with Gasteiger partial charge in [-0.2, -0.15) is 5.48 Å². The largest absolute Gasteiger partial charge is 0.305 e. The Hall–Kier alpha value is -0.650. The number of rotatable bonds is 4. The molecular weight excluding hydrogens is 208 g/mol. The Balaban J connectivity index is 2.96. The smallest absolute Gasteiger partial charge is 0.144 e. The lowest BCUT2D eigenvalue weighted by Gasteiger charge is -2.07. The summed E-state index contributed by atoms with van der Waals surface area (Å²) >= 11 is 1.05. The summed E-state index contributed by atoms with van der Waals surface area (Å²) in [5, 5.41) is 0. The van der Waals surface area contributed by atoms with Gasteiger partial charge in [-0.1, -0.05) is 6.07 Å². The first-order valence-corrected chi connectivity index (χ1v) is 5.20. The van der Waals surface area contributed by atoms with Crippen molar-refractivity contribution in [2.45, 2.75) is 11.4 Å². The minimum absolute atomic E-state index is 0.0420. The summed E-state index contributed by atoms with van der Waals surface area (Å²) < 4.78 is 26.5. The van der Waals surface area contributed by atoms with E-state index in [0.717, 1.165) is 11.8 Å². The molecule has 0 fully saturated rings. The first-order chi connectivity index (χ1) is 6.70. The van der Waals surface area contributed by atoms with Crippen LogP contribution in [0.5, 0.6) is 0 Å². The van der Waals surface area contributed by atoms with Gasteiger partial charge in [0.2, 0.25) is 0 Å². The van der Waals surface area contributed by atoms with E-state index in [1.807, 2.05) is 0 Å². The second-order valence-electron chi connectivity index (χ2n) is 2.58. The molecular formula is C9H11F2NOS. The molecule has 1 N–H and O–H groups in total. The summed E-state index contributed by atoms with van der Waals surface area (Å²) in [6.07, 6.45) is 1.63. The predicted octanol–water partition coefficient (Wildman–Crippen LogP) is 2.34. The zero-order valence-electron chi connectivity index (χ0n) is 7.93. The topological polar surface area (TPSA) is 21.3 Å². The van der Waals surface area contributed by atoms with Crippen LogP contribution in [0.25, 0.3) is 0 Å². The molecule has 0 saturated carbocycles. The van der Waals surface area contributed by atoms with Crippen LogP contribution in [0.4, 0.5) is 8.78 Å². The van der Waals surface area contributed by atoms with Crippen molar-refractivity contribution < 1.29 is 13.6 Å². The fourth-order valence-corrected chi connectivity index (χ4v) is 1.62. The standard InChI is InChI=1S/C9H11F2NOS/c1-13-12-5-6-3-4-7(10)9(14-2)8(6)11/h3-4,12H,5H2,1-2H3. The third kappa shape index (κ3) is 2.43. The maximum atomic E-state index is 13.5. The zero-order chi connectivity index (χ0) is 10.6. The van der Waals surface area contributed by atoms with E-state index in [2.05, 4.69) is 10.3 Å². The van der Waals surface area contributed by atoms with Crippen molar-refractivity contribution in [2.24, 2.45) is 0 Å². The van der Waals surface area contributed by atoms with E-state index in [9.17, 15) is 8.78 Å². The van der Waals surface area contributed by atoms with Crippen molar-refractivity contribution in [3.8, 4) is 0 Å². The van der Waals surface area contributed by atoms with Gasteiger partial charge in [-0.05, 0) is 12.3 Å². The lowest BCUT2D eigenvalue weighted by Crippen LogP contribution is -2.12. The Morgan fingerprint density at radius 2 is 2.14 bits per heavy atom. The van der Waals surface area contributed by atoms with Crippen molar-refractivity contribution in [1.82, 2.24) is 5.48 Å². The molecule has 0 heterocycles. The minimum Gasteiger partial charge on any atom is -0.305 e. The Morgan fingerprint density at radius 3 is 2.71 bits per heavy atom. The van der Waals surface area contributed by atoms with E-state index >= 15 is 0 Å². The van der Waals surface area contributed by atoms with Gasteiger partial charge in [-0.25, -0.2) is 8.78 Å². The molecule has 78 valence electrons. The first kappa shape index (κ1) is 11.4. The molecule has 1 aromatic rings. The number of thioether (sulfide) groups is 1. The summed E-state index contributed by atoms with van der Waals surface area (Å²) in [6.45, 7) is 0.218. The van der Waals surface area contributed by atoms with Gasteiger partial charge in [-0.15, -0.1) is 11.8 Å². The molecule has 0 spiro atoms. The van der Waals surface area contributed by atoms with Crippen molar-refractivity contribution in [1.29, 1.82) is 0 Å². The molecule has 1 rings (SSSR count). The van der Waals surface area contributed by atoms with Gasteiger partial charge in [0.15, 0.2) is 0 Å². The molecule has 0 aliphatic heterocycles. The second-order valence-corrected chi connectivity index (χ2v) is 3.40. The summed E-state index contributed by atoms with van der Waals surface area (Å²) in [6, 6.07) is 2.65. The zero-order valence-corrected chi connectivity index (χ0v) is 8.75. The molecule has 0 saturated heterocycles. The van der Waals surface area contributed by atoms with Crippen LogP contribution in [0.15, 0.2) is 17.0 Å². The fraction of sp³-hybridized carbons (Fsp3) is 0.333. The van der Waals surface area contributed by atoms with Gasteiger partial charge in [0.25, 0.3) is 0 Å². The van der Waals surface area contributed by atoms with Crippen molar-refractivity contribution in [3.63, 3.8) is 0 Å². The van der Waals surface area contributed by atoms with E-state index in [1.54, 1.807) is 6.26 Å². The Bertz CT molecular complexity index is 320. The van der Waals surface area contributed by atoms with Gasteiger partial charge >= 0.3 is 0 Å². The third-order valence-electron chi connectivity index (χ3n) is 1.74. The van der Waals surface area contributed by atoms with Gasteiger partial charge in [-0.3, -0.25) is 0 Å². The van der Waals surface area contributed by atoms with E-state index in [0.29, 0.717) is 5.56 Å². The number of benzene rings is 1. The van der Waals surface area contributed by atoms with Crippen molar-refractivity contribution in [3.05, 3.63) is 29.3 Å². The highest BCUT2D eigenvalue weighted by molar-refractivity contribution is 7.98. The highest BCUT2D eigenvalue weighted by Gasteiger charge is 2.11. The number of halogens is 2. The van der Waals surface area contributed by atoms with Crippen molar-refractivity contribution >= 4 is 11.8 Å². The van der Waals surface area contributed by atoms with Crippen LogP contribution < -0.4 is 5.48 Å². The Kier molecular flexibility index (Phi) is 4.31. The summed E-state index contributed by atoms with van der Waals surface area (Å²) in [5.74, 6) is -1.06. The van der Waals surface area contributed by atoms with Gasteiger partial charge < -0.3 is 4.84 Å². The van der Waals surface area contributed by atoms with Gasteiger partial charge in [0, 0.05) is 12.1 Å². The predicted molar refractivity (Wildman–Crippen MR) is 52.0 cm³/mol. The molecule has 0 amide bonds. The molecule has 2 nitrogen and oxygen atoms in total. The van der Waals surface area contributed by atoms with Crippen LogP contribution >= 0.6 is 11.8 Å². The van der Waals surface area contributed by atoms with E-state index in [1.165, 1.54) is 19.2 Å². The van der Waals surface area contributed by atoms with Crippen LogP contribution in [-0.2, 0) is 11.4 Å². The van der Waals surface area contributed by atoms with E-state index in [4.69, 9.17) is 0 Å². The Labute approximate surface area is 85.6 Å². The quantitative estimate of drug-likeness (QED) is 0.620. The van der Waals surface area contributed by atoms with Crippen LogP contribution in [0, 0.1) is 11.6 Å². The van der Waals surface area contributed by atoms with E-state index < -0.39 is 11.6 Å². The summed E-state index contributed by atoms with van der Waals surface area (Å²) in [7, 11) is 1.44. The third-order valence-corrected chi connectivity index (χ3v) is 2.52. The summed E-state index contributed by atoms with van der Waals surface area (Å²) in [5.41, 5.74) is 2.89. The normalized spacial score (nSPS) is 10.6. The lowest BCUT2D eigenvalue weighted by atomic mass is 10.2. The van der Waals surface area contributed by atoms with Gasteiger partial charge in [0.05, 0.1) is 12.0 Å². The number of hydrogen-bond donors (Lipinski definition) is 1. The molecule has 0 aliphatic carbocycles. The SMILES string of the molecule is CONCc1ccc(F)c(SC)c1F. The average Bonchev–Trinajstić information content (AvgIpc) is 2.18. The number of hydrogen-bond acceptors (Lipinski definition) is 3. The second kappa shape index (κ2) is 5.29. The maximum Gasteiger partial charge on any atom is 0.144 e. The van der Waals surface area contributed by atoms with Crippen LogP contribution in [0.3, 0.4) is 0 Å². The number of hydroxylamine groups is 1. The van der Waals surface area contributed by atoms with Crippen molar-refractivity contribution in [2.75, 3.05) is 13.4 Å². The summed E-state index contributed by atoms with van der Waals surface area (Å²) in [4.78, 5) is 4.63. The van der Waals surface area contributed by atoms with Gasteiger partial charge in [0.1, 0.15) is 11.6 Å². The molecule has 5 heteroatoms. The molecule has 0 aromatic heterocycles. The van der Waals surface area contributed by atoms with Crippen LogP contribution in [-0.4, -0.2) is 13.4 Å². The lowest BCUT2D eigenvalue weighted by molar-refractivity contribution is 0.0858.